The molecular formula is C15H24FN3O. The predicted molar refractivity (Wildman–Crippen MR) is 78.7 cm³/mol. The van der Waals surface area contributed by atoms with Crippen LogP contribution in [0.2, 0.25) is 0 Å². The molecule has 1 aromatic rings. The number of benzene rings is 1. The Kier molecular flexibility index (Phi) is 6.10. The molecule has 20 heavy (non-hydrogen) atoms. The minimum atomic E-state index is -0.277. The molecular weight excluding hydrogens is 257 g/mol. The number of amides is 1. The van der Waals surface area contributed by atoms with Gasteiger partial charge in [0.05, 0.1) is 0 Å². The fourth-order valence-corrected chi connectivity index (χ4v) is 2.52. The highest BCUT2D eigenvalue weighted by Crippen LogP contribution is 2.23. The Labute approximate surface area is 120 Å². The number of hydrogen-bond donors (Lipinski definition) is 2. The first-order valence-corrected chi connectivity index (χ1v) is 6.79. The van der Waals surface area contributed by atoms with Crippen molar-refractivity contribution in [3.8, 4) is 0 Å². The van der Waals surface area contributed by atoms with E-state index in [1.165, 1.54) is 12.1 Å². The van der Waals surface area contributed by atoms with E-state index < -0.39 is 0 Å². The lowest BCUT2D eigenvalue weighted by Crippen LogP contribution is -2.42. The first kappa shape index (κ1) is 16.6. The van der Waals surface area contributed by atoms with Crippen molar-refractivity contribution in [2.75, 3.05) is 20.6 Å². The van der Waals surface area contributed by atoms with E-state index in [-0.39, 0.29) is 29.7 Å². The Morgan fingerprint density at radius 2 is 2.10 bits per heavy atom. The summed E-state index contributed by atoms with van der Waals surface area (Å²) < 4.78 is 13.4. The zero-order valence-electron chi connectivity index (χ0n) is 12.6. The zero-order chi connectivity index (χ0) is 15.3. The van der Waals surface area contributed by atoms with Gasteiger partial charge in [0.15, 0.2) is 0 Å². The maximum Gasteiger partial charge on any atom is 0.223 e. The number of nitrogens with zero attached hydrogens (tertiary/aromatic N) is 1. The van der Waals surface area contributed by atoms with Gasteiger partial charge in [-0.15, -0.1) is 0 Å². The van der Waals surface area contributed by atoms with E-state index in [9.17, 15) is 9.18 Å². The van der Waals surface area contributed by atoms with Gasteiger partial charge in [-0.1, -0.05) is 19.1 Å². The maximum atomic E-state index is 13.4. The molecule has 0 aliphatic heterocycles. The molecule has 3 atom stereocenters. The van der Waals surface area contributed by atoms with Crippen LogP contribution in [0.4, 0.5) is 4.39 Å². The van der Waals surface area contributed by atoms with Crippen molar-refractivity contribution >= 4 is 5.91 Å². The molecule has 0 spiro atoms. The number of halogens is 1. The lowest BCUT2D eigenvalue weighted by atomic mass is 9.98. The van der Waals surface area contributed by atoms with Gasteiger partial charge in [0.25, 0.3) is 0 Å². The van der Waals surface area contributed by atoms with Crippen LogP contribution in [0.25, 0.3) is 0 Å². The first-order chi connectivity index (χ1) is 9.36. The monoisotopic (exact) mass is 281 g/mol. The van der Waals surface area contributed by atoms with Crippen LogP contribution in [0.1, 0.15) is 25.5 Å². The minimum absolute atomic E-state index is 0.0143. The van der Waals surface area contributed by atoms with E-state index >= 15 is 0 Å². The highest BCUT2D eigenvalue weighted by atomic mass is 19.1. The summed E-state index contributed by atoms with van der Waals surface area (Å²) in [5.41, 5.74) is 6.86. The molecule has 0 saturated heterocycles. The van der Waals surface area contributed by atoms with Gasteiger partial charge in [-0.25, -0.2) is 4.39 Å². The number of carbonyl (C=O) groups excluding carboxylic acids is 1. The molecule has 1 rings (SSSR count). The smallest absolute Gasteiger partial charge is 0.223 e. The molecule has 0 heterocycles. The van der Waals surface area contributed by atoms with Crippen LogP contribution < -0.4 is 11.1 Å². The Balaban J connectivity index is 2.88. The number of nitrogens with two attached hydrogens (primary N) is 1. The standard InChI is InChI=1S/C15H24FN3O/c1-10(15(20)18-3)9-19(4)14(11(2)17)12-6-5-7-13(16)8-12/h5-8,10-11,14H,9,17H2,1-4H3,(H,18,20). The average molecular weight is 281 g/mol. The number of likely N-dealkylation sites (N-methyl/N-ethyl adjacent to an activating group) is 1. The lowest BCUT2D eigenvalue weighted by Gasteiger charge is -2.33. The van der Waals surface area contributed by atoms with E-state index in [4.69, 9.17) is 5.73 Å². The summed E-state index contributed by atoms with van der Waals surface area (Å²) in [4.78, 5) is 13.6. The van der Waals surface area contributed by atoms with Gasteiger partial charge in [0.1, 0.15) is 5.82 Å². The van der Waals surface area contributed by atoms with Gasteiger partial charge in [-0.2, -0.15) is 0 Å². The summed E-state index contributed by atoms with van der Waals surface area (Å²) in [5.74, 6) is -0.444. The van der Waals surface area contributed by atoms with Crippen LogP contribution in [-0.2, 0) is 4.79 Å². The van der Waals surface area contributed by atoms with Gasteiger partial charge >= 0.3 is 0 Å². The van der Waals surface area contributed by atoms with Crippen molar-refractivity contribution < 1.29 is 9.18 Å². The van der Waals surface area contributed by atoms with Gasteiger partial charge in [0, 0.05) is 31.6 Å². The normalized spacial score (nSPS) is 15.8. The van der Waals surface area contributed by atoms with Gasteiger partial charge < -0.3 is 11.1 Å². The summed E-state index contributed by atoms with van der Waals surface area (Å²) in [6.07, 6.45) is 0. The summed E-state index contributed by atoms with van der Waals surface area (Å²) in [5, 5.41) is 2.63. The number of hydrogen-bond acceptors (Lipinski definition) is 3. The van der Waals surface area contributed by atoms with E-state index in [2.05, 4.69) is 5.32 Å². The molecule has 0 fully saturated rings. The summed E-state index contributed by atoms with van der Waals surface area (Å²) in [7, 11) is 3.52. The Hall–Kier alpha value is -1.46. The van der Waals surface area contributed by atoms with Crippen molar-refractivity contribution in [2.24, 2.45) is 11.7 Å². The van der Waals surface area contributed by atoms with Crippen LogP contribution in [-0.4, -0.2) is 37.5 Å². The van der Waals surface area contributed by atoms with Crippen LogP contribution in [0.15, 0.2) is 24.3 Å². The molecule has 0 radical (unpaired) electrons. The third-order valence-electron chi connectivity index (χ3n) is 3.42. The van der Waals surface area contributed by atoms with Crippen LogP contribution in [0.5, 0.6) is 0 Å². The fourth-order valence-electron chi connectivity index (χ4n) is 2.52. The second-order valence-electron chi connectivity index (χ2n) is 5.31. The van der Waals surface area contributed by atoms with Crippen molar-refractivity contribution in [2.45, 2.75) is 25.9 Å². The predicted octanol–water partition coefficient (Wildman–Crippen LogP) is 1.53. The average Bonchev–Trinajstić information content (AvgIpc) is 2.37. The number of nitrogens with one attached hydrogen (secondary N) is 1. The largest absolute Gasteiger partial charge is 0.359 e. The van der Waals surface area contributed by atoms with Crippen molar-refractivity contribution in [3.63, 3.8) is 0 Å². The summed E-state index contributed by atoms with van der Waals surface area (Å²) >= 11 is 0. The topological polar surface area (TPSA) is 58.4 Å². The third-order valence-corrected chi connectivity index (χ3v) is 3.42. The van der Waals surface area contributed by atoms with E-state index in [1.807, 2.05) is 31.9 Å². The molecule has 0 aromatic heterocycles. The highest BCUT2D eigenvalue weighted by molar-refractivity contribution is 5.78. The molecule has 0 saturated carbocycles. The molecule has 112 valence electrons. The van der Waals surface area contributed by atoms with Crippen LogP contribution in [0.3, 0.4) is 0 Å². The minimum Gasteiger partial charge on any atom is -0.359 e. The van der Waals surface area contributed by atoms with Crippen molar-refractivity contribution in [1.29, 1.82) is 0 Å². The second kappa shape index (κ2) is 7.36. The molecule has 0 bridgehead atoms. The van der Waals surface area contributed by atoms with E-state index in [0.717, 1.165) is 5.56 Å². The van der Waals surface area contributed by atoms with Gasteiger partial charge in [-0.3, -0.25) is 9.69 Å². The van der Waals surface area contributed by atoms with Crippen LogP contribution in [0, 0.1) is 11.7 Å². The second-order valence-corrected chi connectivity index (χ2v) is 5.31. The van der Waals surface area contributed by atoms with E-state index in [0.29, 0.717) is 6.54 Å². The van der Waals surface area contributed by atoms with Crippen molar-refractivity contribution in [1.82, 2.24) is 10.2 Å². The maximum absolute atomic E-state index is 13.4. The Morgan fingerprint density at radius 1 is 1.45 bits per heavy atom. The Morgan fingerprint density at radius 3 is 2.60 bits per heavy atom. The molecule has 1 amide bonds. The number of rotatable bonds is 6. The zero-order valence-corrected chi connectivity index (χ0v) is 12.6. The molecule has 5 heteroatoms. The van der Waals surface area contributed by atoms with Gasteiger partial charge in [-0.05, 0) is 31.7 Å². The van der Waals surface area contributed by atoms with Crippen LogP contribution >= 0.6 is 0 Å². The molecule has 0 aliphatic rings. The van der Waals surface area contributed by atoms with E-state index in [1.54, 1.807) is 13.1 Å². The molecule has 3 unspecified atom stereocenters. The fraction of sp³-hybridized carbons (Fsp3) is 0.533. The van der Waals surface area contributed by atoms with Gasteiger partial charge in [0.2, 0.25) is 5.91 Å². The molecule has 0 aliphatic carbocycles. The SMILES string of the molecule is CNC(=O)C(C)CN(C)C(c1cccc(F)c1)C(C)N. The molecule has 1 aromatic carbocycles. The Bertz CT molecular complexity index is 450. The molecule has 3 N–H and O–H groups in total. The lowest BCUT2D eigenvalue weighted by molar-refractivity contribution is -0.124. The van der Waals surface area contributed by atoms with Crippen molar-refractivity contribution in [3.05, 3.63) is 35.6 Å². The number of carbonyl (C=O) groups is 1. The first-order valence-electron chi connectivity index (χ1n) is 6.79. The molecule has 4 nitrogen and oxygen atoms in total. The third kappa shape index (κ3) is 4.28. The quantitative estimate of drug-likeness (QED) is 0.831. The summed E-state index contributed by atoms with van der Waals surface area (Å²) in [6, 6.07) is 6.15. The summed E-state index contributed by atoms with van der Waals surface area (Å²) in [6.45, 7) is 4.30. The highest BCUT2D eigenvalue weighted by Gasteiger charge is 2.24.